The number of carbonyl (C=O) groups is 1. The van der Waals surface area contributed by atoms with Gasteiger partial charge >= 0.3 is 0 Å². The second-order valence-electron chi connectivity index (χ2n) is 5.85. The molecule has 0 amide bonds. The normalized spacial score (nSPS) is 19.0. The molecule has 23 heavy (non-hydrogen) atoms. The number of hydrogen-bond acceptors (Lipinski definition) is 4. The van der Waals surface area contributed by atoms with Gasteiger partial charge in [0, 0.05) is 30.9 Å². The monoisotopic (exact) mass is 409 g/mol. The van der Waals surface area contributed by atoms with E-state index >= 15 is 0 Å². The number of alkyl halides is 2. The van der Waals surface area contributed by atoms with E-state index in [2.05, 4.69) is 31.1 Å². The van der Waals surface area contributed by atoms with Crippen LogP contribution in [0.3, 0.4) is 0 Å². The van der Waals surface area contributed by atoms with Crippen molar-refractivity contribution >= 4 is 39.5 Å². The summed E-state index contributed by atoms with van der Waals surface area (Å²) in [6.45, 7) is 1.17. The summed E-state index contributed by atoms with van der Waals surface area (Å²) >= 11 is 9.63. The molecule has 1 aromatic heterocycles. The molecule has 2 heterocycles. The third-order valence-electron chi connectivity index (χ3n) is 4.46. The van der Waals surface area contributed by atoms with Crippen molar-refractivity contribution in [1.29, 1.82) is 0 Å². The SMILES string of the molecule is CNC(CC1(C=O)CCN(c2c(Cl)cncc2Br)CC1)C(F)F. The molecular formula is C15H19BrClF2N3O. The quantitative estimate of drug-likeness (QED) is 0.729. The van der Waals surface area contributed by atoms with Gasteiger partial charge in [-0.2, -0.15) is 0 Å². The van der Waals surface area contributed by atoms with E-state index in [4.69, 9.17) is 11.6 Å². The van der Waals surface area contributed by atoms with Crippen LogP contribution in [-0.2, 0) is 4.79 Å². The summed E-state index contributed by atoms with van der Waals surface area (Å²) < 4.78 is 26.8. The van der Waals surface area contributed by atoms with E-state index in [9.17, 15) is 13.6 Å². The van der Waals surface area contributed by atoms with E-state index in [1.807, 2.05) is 0 Å². The molecule has 4 nitrogen and oxygen atoms in total. The van der Waals surface area contributed by atoms with Gasteiger partial charge in [0.1, 0.15) is 6.29 Å². The van der Waals surface area contributed by atoms with Gasteiger partial charge in [-0.05, 0) is 42.2 Å². The van der Waals surface area contributed by atoms with Gasteiger partial charge in [-0.25, -0.2) is 8.78 Å². The molecule has 2 rings (SSSR count). The predicted octanol–water partition coefficient (Wildman–Crippen LogP) is 3.53. The van der Waals surface area contributed by atoms with Crippen LogP contribution in [-0.4, -0.2) is 43.9 Å². The Hall–Kier alpha value is -0.790. The molecule has 1 N–H and O–H groups in total. The van der Waals surface area contributed by atoms with Crippen molar-refractivity contribution in [2.24, 2.45) is 5.41 Å². The Morgan fingerprint density at radius 3 is 2.61 bits per heavy atom. The Kier molecular flexibility index (Phi) is 6.33. The maximum atomic E-state index is 13.0. The van der Waals surface area contributed by atoms with E-state index in [0.717, 1.165) is 16.4 Å². The Bertz CT molecular complexity index is 533. The van der Waals surface area contributed by atoms with Crippen molar-refractivity contribution in [3.05, 3.63) is 21.9 Å². The maximum absolute atomic E-state index is 13.0. The summed E-state index contributed by atoms with van der Waals surface area (Å²) in [5, 5.41) is 3.14. The molecule has 0 aromatic carbocycles. The van der Waals surface area contributed by atoms with Crippen molar-refractivity contribution in [2.75, 3.05) is 25.0 Å². The fourth-order valence-electron chi connectivity index (χ4n) is 3.01. The molecule has 1 fully saturated rings. The number of hydrogen-bond donors (Lipinski definition) is 1. The van der Waals surface area contributed by atoms with Crippen molar-refractivity contribution in [1.82, 2.24) is 10.3 Å². The van der Waals surface area contributed by atoms with Gasteiger partial charge in [-0.15, -0.1) is 0 Å². The highest BCUT2D eigenvalue weighted by Crippen LogP contribution is 2.40. The fourth-order valence-corrected chi connectivity index (χ4v) is 3.98. The molecule has 1 aliphatic rings. The number of pyridine rings is 1. The highest BCUT2D eigenvalue weighted by molar-refractivity contribution is 9.10. The first kappa shape index (κ1) is 18.5. The van der Waals surface area contributed by atoms with Gasteiger partial charge in [0.2, 0.25) is 0 Å². The van der Waals surface area contributed by atoms with Crippen LogP contribution in [0.4, 0.5) is 14.5 Å². The van der Waals surface area contributed by atoms with Crippen molar-refractivity contribution in [2.45, 2.75) is 31.7 Å². The van der Waals surface area contributed by atoms with Crippen LogP contribution in [0.15, 0.2) is 16.9 Å². The first-order valence-corrected chi connectivity index (χ1v) is 8.55. The number of nitrogens with one attached hydrogen (secondary N) is 1. The molecule has 1 aliphatic heterocycles. The zero-order chi connectivity index (χ0) is 17.0. The lowest BCUT2D eigenvalue weighted by atomic mass is 9.75. The third kappa shape index (κ3) is 4.19. The lowest BCUT2D eigenvalue weighted by Crippen LogP contribution is -2.46. The van der Waals surface area contributed by atoms with Crippen LogP contribution in [0, 0.1) is 5.41 Å². The van der Waals surface area contributed by atoms with Crippen LogP contribution in [0.25, 0.3) is 0 Å². The van der Waals surface area contributed by atoms with Crippen LogP contribution >= 0.6 is 27.5 Å². The first-order valence-electron chi connectivity index (χ1n) is 7.38. The van der Waals surface area contributed by atoms with Gasteiger partial charge in [0.25, 0.3) is 6.43 Å². The fraction of sp³-hybridized carbons (Fsp3) is 0.600. The molecule has 0 bridgehead atoms. The molecule has 1 aromatic rings. The Morgan fingerprint density at radius 2 is 2.13 bits per heavy atom. The lowest BCUT2D eigenvalue weighted by Gasteiger charge is -2.41. The highest BCUT2D eigenvalue weighted by Gasteiger charge is 2.39. The van der Waals surface area contributed by atoms with Crippen LogP contribution in [0.1, 0.15) is 19.3 Å². The molecule has 1 saturated heterocycles. The van der Waals surface area contributed by atoms with E-state index < -0.39 is 17.9 Å². The van der Waals surface area contributed by atoms with Crippen LogP contribution < -0.4 is 10.2 Å². The second-order valence-corrected chi connectivity index (χ2v) is 7.11. The van der Waals surface area contributed by atoms with Gasteiger partial charge in [0.15, 0.2) is 0 Å². The van der Waals surface area contributed by atoms with Gasteiger partial charge in [-0.1, -0.05) is 11.6 Å². The molecule has 1 unspecified atom stereocenters. The van der Waals surface area contributed by atoms with Crippen molar-refractivity contribution < 1.29 is 13.6 Å². The average molecular weight is 411 g/mol. The second kappa shape index (κ2) is 7.85. The minimum absolute atomic E-state index is 0.143. The van der Waals surface area contributed by atoms with E-state index in [-0.39, 0.29) is 6.42 Å². The standard InChI is InChI=1S/C15H19BrClF2N3O/c1-20-12(14(18)19)6-15(9-23)2-4-22(5-3-15)13-10(16)7-21-8-11(13)17/h7-9,12,14,20H,2-6H2,1H3. The number of rotatable bonds is 6. The maximum Gasteiger partial charge on any atom is 0.253 e. The molecular weight excluding hydrogens is 392 g/mol. The number of nitrogens with zero attached hydrogens (tertiary/aromatic N) is 2. The van der Waals surface area contributed by atoms with E-state index in [1.165, 1.54) is 7.05 Å². The minimum Gasteiger partial charge on any atom is -0.369 e. The minimum atomic E-state index is -2.49. The Morgan fingerprint density at radius 1 is 1.48 bits per heavy atom. The van der Waals surface area contributed by atoms with Gasteiger partial charge in [0.05, 0.1) is 21.2 Å². The zero-order valence-corrected chi connectivity index (χ0v) is 15.1. The number of aldehydes is 1. The molecule has 0 saturated carbocycles. The molecule has 0 radical (unpaired) electrons. The topological polar surface area (TPSA) is 45.2 Å². The summed E-state index contributed by atoms with van der Waals surface area (Å²) in [7, 11) is 1.50. The van der Waals surface area contributed by atoms with E-state index in [0.29, 0.717) is 31.0 Å². The average Bonchev–Trinajstić information content (AvgIpc) is 2.53. The molecule has 8 heteroatoms. The zero-order valence-electron chi connectivity index (χ0n) is 12.7. The van der Waals surface area contributed by atoms with Gasteiger partial charge in [-0.3, -0.25) is 4.98 Å². The number of halogens is 4. The number of piperidine rings is 1. The summed E-state index contributed by atoms with van der Waals surface area (Å²) in [5.41, 5.74) is 0.118. The Balaban J connectivity index is 2.10. The smallest absolute Gasteiger partial charge is 0.253 e. The number of carbonyl (C=O) groups excluding carboxylic acids is 1. The summed E-state index contributed by atoms with van der Waals surface area (Å²) in [4.78, 5) is 17.7. The molecule has 128 valence electrons. The predicted molar refractivity (Wildman–Crippen MR) is 90.4 cm³/mol. The third-order valence-corrected chi connectivity index (χ3v) is 5.31. The Labute approximate surface area is 147 Å². The molecule has 0 spiro atoms. The van der Waals surface area contributed by atoms with E-state index in [1.54, 1.807) is 12.4 Å². The molecule has 1 atom stereocenters. The van der Waals surface area contributed by atoms with Crippen molar-refractivity contribution in [3.8, 4) is 0 Å². The van der Waals surface area contributed by atoms with Crippen LogP contribution in [0.2, 0.25) is 5.02 Å². The lowest BCUT2D eigenvalue weighted by molar-refractivity contribution is -0.118. The molecule has 0 aliphatic carbocycles. The summed E-state index contributed by atoms with van der Waals surface area (Å²) in [6, 6.07) is -0.969. The van der Waals surface area contributed by atoms with Crippen molar-refractivity contribution in [3.63, 3.8) is 0 Å². The van der Waals surface area contributed by atoms with Gasteiger partial charge < -0.3 is 15.0 Å². The number of aromatic nitrogens is 1. The summed E-state index contributed by atoms with van der Waals surface area (Å²) in [6.07, 6.45) is 2.77. The summed E-state index contributed by atoms with van der Waals surface area (Å²) in [5.74, 6) is 0. The number of anilines is 1. The largest absolute Gasteiger partial charge is 0.369 e. The van der Waals surface area contributed by atoms with Crippen LogP contribution in [0.5, 0.6) is 0 Å². The first-order chi connectivity index (χ1) is 10.9. The highest BCUT2D eigenvalue weighted by atomic mass is 79.9.